The number of ether oxygens (including phenoxy) is 2. The molecular weight excluding hydrogens is 717 g/mol. The van der Waals surface area contributed by atoms with Crippen LogP contribution in [0.3, 0.4) is 0 Å². The molecule has 0 aliphatic carbocycles. The third-order valence-electron chi connectivity index (χ3n) is 11.1. The summed E-state index contributed by atoms with van der Waals surface area (Å²) in [6.45, 7) is 13.0. The highest BCUT2D eigenvalue weighted by atomic mass is 35.5. The predicted molar refractivity (Wildman–Crippen MR) is 222 cm³/mol. The van der Waals surface area contributed by atoms with E-state index in [1.165, 1.54) is 12.1 Å². The van der Waals surface area contributed by atoms with Gasteiger partial charge >= 0.3 is 5.97 Å². The number of rotatable bonds is 12. The van der Waals surface area contributed by atoms with E-state index in [1.807, 2.05) is 46.6 Å². The Kier molecular flexibility index (Phi) is 14.1. The molecule has 7 rings (SSSR count). The smallest absolute Gasteiger partial charge is 0.352 e. The van der Waals surface area contributed by atoms with Crippen LogP contribution in [-0.4, -0.2) is 71.4 Å². The van der Waals surface area contributed by atoms with Gasteiger partial charge in [-0.2, -0.15) is 5.10 Å². The normalized spacial score (nSPS) is 15.1. The van der Waals surface area contributed by atoms with Crippen molar-refractivity contribution in [2.45, 2.75) is 85.1 Å². The van der Waals surface area contributed by atoms with Crippen molar-refractivity contribution in [2.75, 3.05) is 50.9 Å². The number of carboxylic acid groups (broad SMARTS) is 1. The molecule has 55 heavy (non-hydrogen) atoms. The molecule has 2 aliphatic rings. The molecule has 0 radical (unpaired) electrons. The number of hydrogen-bond donors (Lipinski definition) is 2. The Hall–Kier alpha value is -4.12. The first-order valence-corrected chi connectivity index (χ1v) is 20.6. The number of halogens is 2. The number of carbonyl (C=O) groups is 1. The summed E-state index contributed by atoms with van der Waals surface area (Å²) in [5, 5.41) is 22.2. The predicted octanol–water partition coefficient (Wildman–Crippen LogP) is 9.68. The topological polar surface area (TPSA) is 93.8 Å². The van der Waals surface area contributed by atoms with Crippen LogP contribution in [0.1, 0.15) is 87.5 Å². The number of benzene rings is 3. The lowest BCUT2D eigenvalue weighted by molar-refractivity contribution is 0.0644. The largest absolute Gasteiger partial charge is 0.493 e. The van der Waals surface area contributed by atoms with Crippen molar-refractivity contribution in [3.63, 3.8) is 0 Å². The van der Waals surface area contributed by atoms with Gasteiger partial charge in [-0.25, -0.2) is 9.18 Å². The van der Waals surface area contributed by atoms with E-state index in [1.54, 1.807) is 6.07 Å². The Morgan fingerprint density at radius 1 is 1.02 bits per heavy atom. The Balaban J connectivity index is 0.000000967. The maximum absolute atomic E-state index is 13.8. The standard InChI is InChI=1S/C40H46ClFN4O4.C4H11N/c1-3-33-36-35-32(41)15-14-31-30(10-8-22-50-34-11-7-9-27-25-28(42)12-13-29(27)34)38(40(47)48)46(37(31)35)20-6-4-5-19-45(39(36)43-44(33)2)21-16-26-17-23-49-24-18-26;1-3-5-4-2/h7,9,11-15,25-26H,3-6,8,10,16-24H2,1-2H3,(H,47,48);5H,3-4H2,1-2H3. The van der Waals surface area contributed by atoms with E-state index in [9.17, 15) is 14.3 Å². The Morgan fingerprint density at radius 3 is 2.51 bits per heavy atom. The van der Waals surface area contributed by atoms with Gasteiger partial charge < -0.3 is 29.4 Å². The molecule has 3 aromatic carbocycles. The zero-order chi connectivity index (χ0) is 38.9. The van der Waals surface area contributed by atoms with Crippen molar-refractivity contribution in [2.24, 2.45) is 13.0 Å². The Morgan fingerprint density at radius 2 is 1.78 bits per heavy atom. The van der Waals surface area contributed by atoms with Gasteiger partial charge in [-0.3, -0.25) is 4.68 Å². The lowest BCUT2D eigenvalue weighted by Crippen LogP contribution is -2.29. The highest BCUT2D eigenvalue weighted by Crippen LogP contribution is 2.45. The SMILES string of the molecule is CCNCC.CCc1c2c(nn1C)N(CCC1CCOCC1)CCCCCn1c(C(=O)O)c(CCCOc3cccc4cc(F)ccc34)c3ccc(Cl)c-2c31. The number of aryl methyl sites for hydroxylation is 3. The first-order chi connectivity index (χ1) is 26.8. The summed E-state index contributed by atoms with van der Waals surface area (Å²) in [6, 6.07) is 14.2. The molecule has 1 fully saturated rings. The summed E-state index contributed by atoms with van der Waals surface area (Å²) in [4.78, 5) is 15.6. The third kappa shape index (κ3) is 9.14. The number of carboxylic acids is 1. The number of nitrogens with zero attached hydrogens (tertiary/aromatic N) is 4. The Bertz CT molecular complexity index is 2070. The lowest BCUT2D eigenvalue weighted by Gasteiger charge is -2.28. The molecule has 5 aromatic rings. The molecule has 2 N–H and O–H groups in total. The molecule has 0 atom stereocenters. The van der Waals surface area contributed by atoms with Gasteiger partial charge in [0.1, 0.15) is 17.3 Å². The van der Waals surface area contributed by atoms with Crippen LogP contribution in [-0.2, 0) is 31.2 Å². The second-order valence-electron chi connectivity index (χ2n) is 14.6. The number of nitrogens with one attached hydrogen (secondary N) is 1. The summed E-state index contributed by atoms with van der Waals surface area (Å²) in [5.41, 5.74) is 4.96. The molecule has 0 amide bonds. The molecule has 1 saturated heterocycles. The number of hydrogen-bond acceptors (Lipinski definition) is 6. The minimum Gasteiger partial charge on any atom is -0.493 e. The average molecular weight is 774 g/mol. The van der Waals surface area contributed by atoms with Crippen LogP contribution in [0.15, 0.2) is 48.5 Å². The summed E-state index contributed by atoms with van der Waals surface area (Å²) in [6.07, 6.45) is 7.98. The maximum atomic E-state index is 13.8. The van der Waals surface area contributed by atoms with E-state index >= 15 is 0 Å². The highest BCUT2D eigenvalue weighted by Gasteiger charge is 2.31. The van der Waals surface area contributed by atoms with Crippen LogP contribution in [0.2, 0.25) is 5.02 Å². The minimum absolute atomic E-state index is 0.287. The minimum atomic E-state index is -0.939. The van der Waals surface area contributed by atoms with Crippen LogP contribution in [0, 0.1) is 11.7 Å². The fraction of sp³-hybridized carbons (Fsp3) is 0.500. The van der Waals surface area contributed by atoms with Crippen molar-refractivity contribution in [1.82, 2.24) is 19.7 Å². The number of aromatic carboxylic acids is 1. The van der Waals surface area contributed by atoms with E-state index in [0.717, 1.165) is 134 Å². The van der Waals surface area contributed by atoms with Gasteiger partial charge in [0.05, 0.1) is 22.7 Å². The summed E-state index contributed by atoms with van der Waals surface area (Å²) in [5.74, 6) is 1.03. The number of fused-ring (bicyclic) bond motifs is 3. The van der Waals surface area contributed by atoms with Crippen molar-refractivity contribution < 1.29 is 23.8 Å². The van der Waals surface area contributed by atoms with E-state index in [0.29, 0.717) is 48.4 Å². The van der Waals surface area contributed by atoms with E-state index in [2.05, 4.69) is 31.0 Å². The molecule has 0 spiro atoms. The molecule has 296 valence electrons. The molecule has 4 heterocycles. The zero-order valence-electron chi connectivity index (χ0n) is 32.9. The molecule has 0 saturated carbocycles. The number of anilines is 1. The van der Waals surface area contributed by atoms with Gasteiger partial charge in [0.15, 0.2) is 5.82 Å². The molecule has 2 aromatic heterocycles. The highest BCUT2D eigenvalue weighted by molar-refractivity contribution is 6.35. The number of aromatic nitrogens is 3. The molecule has 0 unspecified atom stereocenters. The molecular formula is C44H57ClFN5O4. The van der Waals surface area contributed by atoms with E-state index in [4.69, 9.17) is 26.2 Å². The van der Waals surface area contributed by atoms with Gasteiger partial charge in [0, 0.05) is 61.9 Å². The molecule has 2 aliphatic heterocycles. The summed E-state index contributed by atoms with van der Waals surface area (Å²) in [7, 11) is 2.00. The van der Waals surface area contributed by atoms with Crippen LogP contribution >= 0.6 is 11.6 Å². The lowest BCUT2D eigenvalue weighted by atomic mass is 9.95. The fourth-order valence-electron chi connectivity index (χ4n) is 8.36. The first-order valence-electron chi connectivity index (χ1n) is 20.2. The van der Waals surface area contributed by atoms with Crippen molar-refractivity contribution in [3.05, 3.63) is 76.3 Å². The zero-order valence-corrected chi connectivity index (χ0v) is 33.7. The van der Waals surface area contributed by atoms with Crippen molar-refractivity contribution in [1.29, 1.82) is 0 Å². The van der Waals surface area contributed by atoms with Gasteiger partial charge in [-0.15, -0.1) is 0 Å². The second kappa shape index (κ2) is 19.2. The van der Waals surface area contributed by atoms with E-state index in [-0.39, 0.29) is 5.82 Å². The monoisotopic (exact) mass is 773 g/mol. The van der Waals surface area contributed by atoms with Gasteiger partial charge in [-0.1, -0.05) is 50.6 Å². The Labute approximate surface area is 329 Å². The summed E-state index contributed by atoms with van der Waals surface area (Å²) < 4.78 is 29.7. The fourth-order valence-corrected chi connectivity index (χ4v) is 8.60. The van der Waals surface area contributed by atoms with Crippen LogP contribution < -0.4 is 15.0 Å². The van der Waals surface area contributed by atoms with Crippen molar-refractivity contribution in [3.8, 4) is 16.9 Å². The van der Waals surface area contributed by atoms with E-state index < -0.39 is 5.97 Å². The third-order valence-corrected chi connectivity index (χ3v) is 11.4. The van der Waals surface area contributed by atoms with Crippen molar-refractivity contribution >= 4 is 45.1 Å². The van der Waals surface area contributed by atoms with Gasteiger partial charge in [0.25, 0.3) is 0 Å². The van der Waals surface area contributed by atoms with Crippen LogP contribution in [0.4, 0.5) is 10.2 Å². The van der Waals surface area contributed by atoms with Crippen LogP contribution in [0.25, 0.3) is 32.8 Å². The van der Waals surface area contributed by atoms with Gasteiger partial charge in [0.2, 0.25) is 0 Å². The quantitative estimate of drug-likeness (QED) is 0.122. The average Bonchev–Trinajstić information content (AvgIpc) is 3.67. The summed E-state index contributed by atoms with van der Waals surface area (Å²) >= 11 is 7.20. The van der Waals surface area contributed by atoms with Crippen LogP contribution in [0.5, 0.6) is 5.75 Å². The second-order valence-corrected chi connectivity index (χ2v) is 15.1. The maximum Gasteiger partial charge on any atom is 0.352 e. The molecule has 0 bridgehead atoms. The first kappa shape index (κ1) is 40.5. The molecule has 9 nitrogen and oxygen atoms in total. The molecule has 11 heteroatoms. The van der Waals surface area contributed by atoms with Gasteiger partial charge in [-0.05, 0) is 118 Å².